The van der Waals surface area contributed by atoms with Crippen molar-refractivity contribution in [2.45, 2.75) is 25.8 Å². The van der Waals surface area contributed by atoms with Crippen LogP contribution in [0, 0.1) is 0 Å². The molecule has 0 spiro atoms. The van der Waals surface area contributed by atoms with Gasteiger partial charge in [0.2, 0.25) is 0 Å². The third-order valence-corrected chi connectivity index (χ3v) is 3.74. The van der Waals surface area contributed by atoms with Crippen molar-refractivity contribution in [1.29, 1.82) is 0 Å². The Kier molecular flexibility index (Phi) is 4.81. The van der Waals surface area contributed by atoms with Crippen molar-refractivity contribution in [2.75, 3.05) is 0 Å². The van der Waals surface area contributed by atoms with Gasteiger partial charge in [-0.1, -0.05) is 5.57 Å². The minimum Gasteiger partial charge on any atom is -0.271 e. The highest BCUT2D eigenvalue weighted by molar-refractivity contribution is 9.11. The second-order valence-electron chi connectivity index (χ2n) is 3.36. The molecule has 1 aromatic rings. The summed E-state index contributed by atoms with van der Waals surface area (Å²) in [5.41, 5.74) is 4.03. The van der Waals surface area contributed by atoms with Crippen molar-refractivity contribution in [1.82, 2.24) is 5.43 Å². The van der Waals surface area contributed by atoms with Gasteiger partial charge in [-0.2, -0.15) is 0 Å². The average Bonchev–Trinajstić information content (AvgIpc) is 2.53. The zero-order valence-corrected chi connectivity index (χ0v) is 10.6. The zero-order chi connectivity index (χ0) is 10.6. The molecule has 1 unspecified atom stereocenters. The molecule has 0 aliphatic rings. The fraction of sp³-hybridized carbons (Fsp3) is 0.400. The first-order valence-corrected chi connectivity index (χ1v) is 6.10. The van der Waals surface area contributed by atoms with Crippen LogP contribution < -0.4 is 11.3 Å². The Morgan fingerprint density at radius 2 is 2.43 bits per heavy atom. The second kappa shape index (κ2) is 5.66. The Morgan fingerprint density at radius 1 is 1.71 bits per heavy atom. The van der Waals surface area contributed by atoms with Gasteiger partial charge in [0.05, 0.1) is 9.83 Å². The molecule has 2 nitrogen and oxygen atoms in total. The van der Waals surface area contributed by atoms with E-state index in [2.05, 4.69) is 34.0 Å². The lowest BCUT2D eigenvalue weighted by Crippen LogP contribution is -2.27. The van der Waals surface area contributed by atoms with Gasteiger partial charge in [-0.05, 0) is 47.8 Å². The lowest BCUT2D eigenvalue weighted by atomic mass is 10.1. The van der Waals surface area contributed by atoms with Crippen molar-refractivity contribution in [3.8, 4) is 0 Å². The molecule has 0 radical (unpaired) electrons. The lowest BCUT2D eigenvalue weighted by Gasteiger charge is -2.13. The van der Waals surface area contributed by atoms with Crippen LogP contribution in [0.15, 0.2) is 28.1 Å². The molecule has 1 atom stereocenters. The molecular formula is C10H15BrN2S. The maximum Gasteiger partial charge on any atom is 0.0702 e. The zero-order valence-electron chi connectivity index (χ0n) is 8.22. The molecule has 0 fully saturated rings. The highest BCUT2D eigenvalue weighted by Crippen LogP contribution is 2.29. The summed E-state index contributed by atoms with van der Waals surface area (Å²) in [6.45, 7) is 5.93. The third-order valence-electron chi connectivity index (χ3n) is 2.00. The molecule has 0 aliphatic heterocycles. The van der Waals surface area contributed by atoms with Crippen LogP contribution in [0.1, 0.15) is 30.7 Å². The predicted molar refractivity (Wildman–Crippen MR) is 66.1 cm³/mol. The second-order valence-corrected chi connectivity index (χ2v) is 5.85. The highest BCUT2D eigenvalue weighted by Gasteiger charge is 2.11. The van der Waals surface area contributed by atoms with Gasteiger partial charge in [0, 0.05) is 4.88 Å². The van der Waals surface area contributed by atoms with Crippen LogP contribution in [0.3, 0.4) is 0 Å². The van der Waals surface area contributed by atoms with E-state index in [1.54, 1.807) is 11.3 Å². The predicted octanol–water partition coefficient (Wildman–Crippen LogP) is 3.37. The van der Waals surface area contributed by atoms with Crippen LogP contribution in [0.25, 0.3) is 0 Å². The number of nitrogens with one attached hydrogen (secondary N) is 1. The van der Waals surface area contributed by atoms with Crippen molar-refractivity contribution in [2.24, 2.45) is 5.84 Å². The lowest BCUT2D eigenvalue weighted by molar-refractivity contribution is 0.523. The first kappa shape index (κ1) is 11.9. The van der Waals surface area contributed by atoms with Crippen LogP contribution in [0.2, 0.25) is 0 Å². The fourth-order valence-electron chi connectivity index (χ4n) is 1.21. The van der Waals surface area contributed by atoms with Gasteiger partial charge in [0.25, 0.3) is 0 Å². The summed E-state index contributed by atoms with van der Waals surface area (Å²) in [6.07, 6.45) is 2.00. The van der Waals surface area contributed by atoms with Crippen molar-refractivity contribution < 1.29 is 0 Å². The van der Waals surface area contributed by atoms with Gasteiger partial charge in [-0.15, -0.1) is 17.9 Å². The van der Waals surface area contributed by atoms with Crippen LogP contribution in [0.4, 0.5) is 0 Å². The standard InChI is InChI=1S/C10H15BrN2S/c1-7(2)3-4-8(13-12)9-5-6-10(11)14-9/h5-6,8,13H,1,3-4,12H2,2H3. The number of hydrogen-bond acceptors (Lipinski definition) is 3. The topological polar surface area (TPSA) is 38.0 Å². The van der Waals surface area contributed by atoms with Gasteiger partial charge < -0.3 is 0 Å². The molecular weight excluding hydrogens is 260 g/mol. The van der Waals surface area contributed by atoms with E-state index in [1.165, 1.54) is 10.5 Å². The van der Waals surface area contributed by atoms with E-state index in [9.17, 15) is 0 Å². The number of nitrogens with two attached hydrogens (primary N) is 1. The first-order valence-electron chi connectivity index (χ1n) is 4.49. The average molecular weight is 275 g/mol. The Bertz CT molecular complexity index is 309. The van der Waals surface area contributed by atoms with Crippen LogP contribution >= 0.6 is 27.3 Å². The molecule has 0 aromatic carbocycles. The molecule has 1 heterocycles. The van der Waals surface area contributed by atoms with Crippen molar-refractivity contribution >= 4 is 27.3 Å². The maximum absolute atomic E-state index is 5.51. The summed E-state index contributed by atoms with van der Waals surface area (Å²) in [4.78, 5) is 1.26. The monoisotopic (exact) mass is 274 g/mol. The molecule has 0 amide bonds. The number of allylic oxidation sites excluding steroid dienone is 1. The molecule has 78 valence electrons. The third kappa shape index (κ3) is 3.53. The van der Waals surface area contributed by atoms with E-state index in [0.717, 1.165) is 16.6 Å². The van der Waals surface area contributed by atoms with E-state index < -0.39 is 0 Å². The van der Waals surface area contributed by atoms with E-state index in [4.69, 9.17) is 5.84 Å². The van der Waals surface area contributed by atoms with Gasteiger partial charge >= 0.3 is 0 Å². The Morgan fingerprint density at radius 3 is 2.86 bits per heavy atom. The summed E-state index contributed by atoms with van der Waals surface area (Å²) < 4.78 is 1.14. The molecule has 4 heteroatoms. The first-order chi connectivity index (χ1) is 6.63. The summed E-state index contributed by atoms with van der Waals surface area (Å²) in [5, 5.41) is 0. The molecule has 3 N–H and O–H groups in total. The summed E-state index contributed by atoms with van der Waals surface area (Å²) in [5.74, 6) is 5.51. The maximum atomic E-state index is 5.51. The number of rotatable bonds is 5. The van der Waals surface area contributed by atoms with Crippen LogP contribution in [0.5, 0.6) is 0 Å². The number of halogens is 1. The van der Waals surface area contributed by atoms with Crippen molar-refractivity contribution in [3.63, 3.8) is 0 Å². The SMILES string of the molecule is C=C(C)CCC(NN)c1ccc(Br)s1. The smallest absolute Gasteiger partial charge is 0.0702 e. The largest absolute Gasteiger partial charge is 0.271 e. The Balaban J connectivity index is 2.58. The summed E-state index contributed by atoms with van der Waals surface area (Å²) in [7, 11) is 0. The van der Waals surface area contributed by atoms with E-state index in [0.29, 0.717) is 0 Å². The Hall–Kier alpha value is -0.160. The summed E-state index contributed by atoms with van der Waals surface area (Å²) >= 11 is 5.16. The minimum atomic E-state index is 0.239. The molecule has 1 aromatic heterocycles. The molecule has 0 aliphatic carbocycles. The summed E-state index contributed by atoms with van der Waals surface area (Å²) in [6, 6.07) is 4.38. The highest BCUT2D eigenvalue weighted by atomic mass is 79.9. The molecule has 1 rings (SSSR count). The van der Waals surface area contributed by atoms with E-state index >= 15 is 0 Å². The van der Waals surface area contributed by atoms with E-state index in [-0.39, 0.29) is 6.04 Å². The minimum absolute atomic E-state index is 0.239. The quantitative estimate of drug-likeness (QED) is 0.491. The number of thiophene rings is 1. The molecule has 0 bridgehead atoms. The van der Waals surface area contributed by atoms with Gasteiger partial charge in [-0.25, -0.2) is 0 Å². The Labute approximate surface area is 97.3 Å². The van der Waals surface area contributed by atoms with Gasteiger partial charge in [0.1, 0.15) is 0 Å². The number of hydrogen-bond donors (Lipinski definition) is 2. The molecule has 0 saturated heterocycles. The van der Waals surface area contributed by atoms with Crippen LogP contribution in [-0.2, 0) is 0 Å². The van der Waals surface area contributed by atoms with E-state index in [1.807, 2.05) is 13.0 Å². The van der Waals surface area contributed by atoms with Gasteiger partial charge in [-0.3, -0.25) is 11.3 Å². The van der Waals surface area contributed by atoms with Crippen molar-refractivity contribution in [3.05, 3.63) is 32.9 Å². The normalized spacial score (nSPS) is 12.8. The fourth-order valence-corrected chi connectivity index (χ4v) is 2.73. The van der Waals surface area contributed by atoms with Gasteiger partial charge in [0.15, 0.2) is 0 Å². The number of hydrazine groups is 1. The van der Waals surface area contributed by atoms with Crippen LogP contribution in [-0.4, -0.2) is 0 Å². The molecule has 0 saturated carbocycles. The molecule has 14 heavy (non-hydrogen) atoms.